The Kier molecular flexibility index (Phi) is 6.81. The molecule has 31 heavy (non-hydrogen) atoms. The van der Waals surface area contributed by atoms with Crippen molar-refractivity contribution in [2.75, 3.05) is 24.3 Å². The zero-order chi connectivity index (χ0) is 22.4. The van der Waals surface area contributed by atoms with Crippen LogP contribution in [0.4, 0.5) is 11.5 Å². The fraction of sp³-hybridized carbons (Fsp3) is 0.238. The van der Waals surface area contributed by atoms with E-state index in [-0.39, 0.29) is 23.0 Å². The van der Waals surface area contributed by atoms with E-state index in [4.69, 9.17) is 14.0 Å². The second-order valence-corrected chi connectivity index (χ2v) is 8.37. The normalized spacial score (nSPS) is 11.1. The van der Waals surface area contributed by atoms with Gasteiger partial charge >= 0.3 is 0 Å². The number of sulfonamides is 1. The first-order valence-corrected chi connectivity index (χ1v) is 10.9. The van der Waals surface area contributed by atoms with Gasteiger partial charge in [0.1, 0.15) is 5.76 Å². The lowest BCUT2D eigenvalue weighted by atomic mass is 10.1. The Balaban J connectivity index is 1.57. The minimum absolute atomic E-state index is 0.0384. The van der Waals surface area contributed by atoms with Crippen LogP contribution in [0.15, 0.2) is 57.9 Å². The summed E-state index contributed by atoms with van der Waals surface area (Å²) in [5.74, 6) is 1.63. The van der Waals surface area contributed by atoms with Crippen LogP contribution < -0.4 is 19.5 Å². The summed E-state index contributed by atoms with van der Waals surface area (Å²) < 4.78 is 42.5. The number of aromatic nitrogens is 1. The Morgan fingerprint density at radius 1 is 1.03 bits per heavy atom. The summed E-state index contributed by atoms with van der Waals surface area (Å²) in [6.07, 6.45) is 0.766. The van der Waals surface area contributed by atoms with Crippen LogP contribution in [-0.4, -0.2) is 33.7 Å². The van der Waals surface area contributed by atoms with E-state index >= 15 is 0 Å². The first kappa shape index (κ1) is 22.2. The van der Waals surface area contributed by atoms with E-state index in [0.29, 0.717) is 29.4 Å². The number of anilines is 2. The molecule has 0 spiro atoms. The lowest BCUT2D eigenvalue weighted by molar-refractivity contribution is -0.116. The van der Waals surface area contributed by atoms with Crippen LogP contribution in [0.5, 0.6) is 11.5 Å². The second-order valence-electron chi connectivity index (χ2n) is 6.69. The van der Waals surface area contributed by atoms with Gasteiger partial charge in [0.25, 0.3) is 10.0 Å². The summed E-state index contributed by atoms with van der Waals surface area (Å²) in [5.41, 5.74) is 1.43. The molecule has 0 aliphatic carbocycles. The van der Waals surface area contributed by atoms with E-state index in [1.807, 2.05) is 12.1 Å². The van der Waals surface area contributed by atoms with E-state index < -0.39 is 10.0 Å². The number of carbonyl (C=O) groups is 1. The Morgan fingerprint density at radius 3 is 2.35 bits per heavy atom. The molecule has 0 radical (unpaired) electrons. The lowest BCUT2D eigenvalue weighted by Crippen LogP contribution is -2.14. The van der Waals surface area contributed by atoms with Crippen LogP contribution in [0.2, 0.25) is 0 Å². The molecule has 0 unspecified atom stereocenters. The van der Waals surface area contributed by atoms with Gasteiger partial charge in [-0.1, -0.05) is 11.2 Å². The molecule has 9 nitrogen and oxygen atoms in total. The fourth-order valence-corrected chi connectivity index (χ4v) is 3.83. The summed E-state index contributed by atoms with van der Waals surface area (Å²) in [6.45, 7) is 1.66. The number of nitrogens with one attached hydrogen (secondary N) is 2. The van der Waals surface area contributed by atoms with Gasteiger partial charge in [0.15, 0.2) is 17.3 Å². The van der Waals surface area contributed by atoms with Crippen LogP contribution in [0.3, 0.4) is 0 Å². The maximum absolute atomic E-state index is 12.4. The molecule has 0 saturated heterocycles. The number of benzene rings is 2. The minimum Gasteiger partial charge on any atom is -0.493 e. The summed E-state index contributed by atoms with van der Waals surface area (Å²) in [6, 6.07) is 12.8. The molecule has 0 saturated carbocycles. The molecule has 1 amide bonds. The average molecular weight is 445 g/mol. The van der Waals surface area contributed by atoms with Crippen molar-refractivity contribution in [2.45, 2.75) is 24.7 Å². The van der Waals surface area contributed by atoms with E-state index in [0.717, 1.165) is 5.56 Å². The minimum atomic E-state index is -3.81. The molecule has 164 valence electrons. The lowest BCUT2D eigenvalue weighted by Gasteiger charge is -2.10. The van der Waals surface area contributed by atoms with Gasteiger partial charge in [-0.15, -0.1) is 0 Å². The van der Waals surface area contributed by atoms with Crippen LogP contribution in [0.1, 0.15) is 17.7 Å². The van der Waals surface area contributed by atoms with Crippen LogP contribution >= 0.6 is 0 Å². The SMILES string of the molecule is COc1ccc(CCC(=O)Nc2ccc(S(=O)(=O)Nc3cc(C)on3)cc2)cc1OC. The zero-order valence-electron chi connectivity index (χ0n) is 17.3. The Morgan fingerprint density at radius 2 is 1.74 bits per heavy atom. The smallest absolute Gasteiger partial charge is 0.263 e. The second kappa shape index (κ2) is 9.52. The molecular weight excluding hydrogens is 422 g/mol. The van der Waals surface area contributed by atoms with Gasteiger partial charge in [0.2, 0.25) is 5.91 Å². The van der Waals surface area contributed by atoms with E-state index in [2.05, 4.69) is 15.2 Å². The highest BCUT2D eigenvalue weighted by molar-refractivity contribution is 7.92. The summed E-state index contributed by atoms with van der Waals surface area (Å²) >= 11 is 0. The summed E-state index contributed by atoms with van der Waals surface area (Å²) in [4.78, 5) is 12.3. The highest BCUT2D eigenvalue weighted by atomic mass is 32.2. The molecule has 3 aromatic rings. The molecule has 10 heteroatoms. The molecule has 3 rings (SSSR count). The Labute approximate surface area is 180 Å². The number of aryl methyl sites for hydroxylation is 2. The Hall–Kier alpha value is -3.53. The molecular formula is C21H23N3O6S. The van der Waals surface area contributed by atoms with Crippen molar-refractivity contribution in [3.8, 4) is 11.5 Å². The first-order chi connectivity index (χ1) is 14.8. The van der Waals surface area contributed by atoms with E-state index in [9.17, 15) is 13.2 Å². The number of ether oxygens (including phenoxy) is 2. The third-order valence-electron chi connectivity index (χ3n) is 4.40. The maximum atomic E-state index is 12.4. The molecule has 2 N–H and O–H groups in total. The van der Waals surface area contributed by atoms with Crippen LogP contribution in [-0.2, 0) is 21.2 Å². The quantitative estimate of drug-likeness (QED) is 0.518. The largest absolute Gasteiger partial charge is 0.493 e. The highest BCUT2D eigenvalue weighted by Crippen LogP contribution is 2.28. The van der Waals surface area contributed by atoms with Crippen molar-refractivity contribution >= 4 is 27.4 Å². The molecule has 0 aliphatic heterocycles. The zero-order valence-corrected chi connectivity index (χ0v) is 18.2. The molecule has 2 aromatic carbocycles. The molecule has 0 bridgehead atoms. The van der Waals surface area contributed by atoms with E-state index in [1.54, 1.807) is 27.2 Å². The third kappa shape index (κ3) is 5.76. The van der Waals surface area contributed by atoms with Crippen LogP contribution in [0, 0.1) is 6.92 Å². The van der Waals surface area contributed by atoms with Gasteiger partial charge < -0.3 is 19.3 Å². The van der Waals surface area contributed by atoms with Crippen molar-refractivity contribution in [3.63, 3.8) is 0 Å². The predicted molar refractivity (Wildman–Crippen MR) is 115 cm³/mol. The molecule has 1 aromatic heterocycles. The third-order valence-corrected chi connectivity index (χ3v) is 5.77. The van der Waals surface area contributed by atoms with Crippen molar-refractivity contribution in [1.82, 2.24) is 5.16 Å². The monoisotopic (exact) mass is 445 g/mol. The standard InChI is InChI=1S/C21H23N3O6S/c1-14-12-20(23-30-14)24-31(26,27)17-8-6-16(7-9-17)22-21(25)11-5-15-4-10-18(28-2)19(13-15)29-3/h4,6-10,12-13H,5,11H2,1-3H3,(H,22,25)(H,23,24). The van der Waals surface area contributed by atoms with Crippen molar-refractivity contribution in [1.29, 1.82) is 0 Å². The number of amides is 1. The average Bonchev–Trinajstić information content (AvgIpc) is 3.16. The molecule has 0 atom stereocenters. The number of carbonyl (C=O) groups excluding carboxylic acids is 1. The van der Waals surface area contributed by atoms with Gasteiger partial charge in [-0.05, 0) is 55.3 Å². The van der Waals surface area contributed by atoms with Crippen molar-refractivity contribution in [2.24, 2.45) is 0 Å². The maximum Gasteiger partial charge on any atom is 0.263 e. The number of nitrogens with zero attached hydrogens (tertiary/aromatic N) is 1. The van der Waals surface area contributed by atoms with Crippen LogP contribution in [0.25, 0.3) is 0 Å². The highest BCUT2D eigenvalue weighted by Gasteiger charge is 2.16. The Bertz CT molecular complexity index is 1160. The van der Waals surface area contributed by atoms with Gasteiger partial charge in [-0.25, -0.2) is 8.42 Å². The number of hydrogen-bond acceptors (Lipinski definition) is 7. The molecule has 1 heterocycles. The van der Waals surface area contributed by atoms with Gasteiger partial charge in [-0.3, -0.25) is 9.52 Å². The summed E-state index contributed by atoms with van der Waals surface area (Å²) in [5, 5.41) is 6.37. The van der Waals surface area contributed by atoms with Gasteiger partial charge in [0.05, 0.1) is 19.1 Å². The predicted octanol–water partition coefficient (Wildman–Crippen LogP) is 3.37. The number of methoxy groups -OCH3 is 2. The van der Waals surface area contributed by atoms with Gasteiger partial charge in [-0.2, -0.15) is 0 Å². The van der Waals surface area contributed by atoms with Gasteiger partial charge in [0, 0.05) is 18.2 Å². The van der Waals surface area contributed by atoms with Crippen molar-refractivity contribution < 1.29 is 27.2 Å². The van der Waals surface area contributed by atoms with Crippen molar-refractivity contribution in [3.05, 3.63) is 59.9 Å². The molecule has 0 aliphatic rings. The number of rotatable bonds is 9. The summed E-state index contributed by atoms with van der Waals surface area (Å²) in [7, 11) is -0.693. The molecule has 0 fully saturated rings. The van der Waals surface area contributed by atoms with E-state index in [1.165, 1.54) is 30.3 Å². The topological polar surface area (TPSA) is 120 Å². The first-order valence-electron chi connectivity index (χ1n) is 9.37. The fourth-order valence-electron chi connectivity index (χ4n) is 2.85. The number of hydrogen-bond donors (Lipinski definition) is 2.